The van der Waals surface area contributed by atoms with Crippen molar-refractivity contribution in [1.29, 1.82) is 0 Å². The van der Waals surface area contributed by atoms with Gasteiger partial charge in [0.25, 0.3) is 0 Å². The maximum atomic E-state index is 12.4. The van der Waals surface area contributed by atoms with E-state index in [4.69, 9.17) is 0 Å². The first-order chi connectivity index (χ1) is 11.3. The van der Waals surface area contributed by atoms with Crippen LogP contribution in [0.2, 0.25) is 0 Å². The molecule has 0 bridgehead atoms. The quantitative estimate of drug-likeness (QED) is 0.540. The molecule has 1 rings (SSSR count). The van der Waals surface area contributed by atoms with Crippen LogP contribution in [0.3, 0.4) is 0 Å². The molecule has 0 unspecified atom stereocenters. The first-order valence-electron chi connectivity index (χ1n) is 7.27. The van der Waals surface area contributed by atoms with Gasteiger partial charge in [0.2, 0.25) is 5.91 Å². The van der Waals surface area contributed by atoms with Gasteiger partial charge in [0.1, 0.15) is 11.5 Å². The van der Waals surface area contributed by atoms with Crippen molar-refractivity contribution in [2.75, 3.05) is 6.54 Å². The van der Waals surface area contributed by atoms with E-state index in [1.165, 1.54) is 18.2 Å². The zero-order valence-corrected chi connectivity index (χ0v) is 13.3. The molecule has 1 aromatic carbocycles. The number of ether oxygens (including phenoxy) is 2. The highest BCUT2D eigenvalue weighted by Gasteiger charge is 2.12. The third kappa shape index (κ3) is 7.85. The summed E-state index contributed by atoms with van der Waals surface area (Å²) >= 11 is 0. The number of carbonyl (C=O) groups is 1. The third-order valence-electron chi connectivity index (χ3n) is 2.86. The van der Waals surface area contributed by atoms with Crippen LogP contribution in [0.15, 0.2) is 24.3 Å². The molecule has 0 fully saturated rings. The van der Waals surface area contributed by atoms with Crippen molar-refractivity contribution in [3.63, 3.8) is 0 Å². The number of hydrogen-bond donors (Lipinski definition) is 1. The molecule has 0 saturated carbocycles. The molecule has 1 N–H and O–H groups in total. The molecule has 0 aliphatic rings. The van der Waals surface area contributed by atoms with Crippen LogP contribution in [0.25, 0.3) is 6.08 Å². The van der Waals surface area contributed by atoms with E-state index in [9.17, 15) is 22.4 Å². The molecule has 4 nitrogen and oxygen atoms in total. The summed E-state index contributed by atoms with van der Waals surface area (Å²) in [5.41, 5.74) is 0.135. The largest absolute Gasteiger partial charge is 0.435 e. The summed E-state index contributed by atoms with van der Waals surface area (Å²) in [7, 11) is 0. The van der Waals surface area contributed by atoms with Gasteiger partial charge in [-0.2, -0.15) is 17.6 Å². The Morgan fingerprint density at radius 1 is 1.17 bits per heavy atom. The van der Waals surface area contributed by atoms with E-state index in [0.717, 1.165) is 18.6 Å². The number of rotatable bonds is 9. The van der Waals surface area contributed by atoms with Gasteiger partial charge < -0.3 is 14.8 Å². The SMILES string of the molecule is CC(C)CCNC(=O)/C=C/c1ccc(OC(F)F)cc1OC(F)F. The Morgan fingerprint density at radius 2 is 1.83 bits per heavy atom. The van der Waals surface area contributed by atoms with Gasteiger partial charge in [-0.25, -0.2) is 0 Å². The van der Waals surface area contributed by atoms with E-state index >= 15 is 0 Å². The average molecular weight is 349 g/mol. The molecule has 0 heterocycles. The summed E-state index contributed by atoms with van der Waals surface area (Å²) in [5.74, 6) is -0.650. The topological polar surface area (TPSA) is 47.6 Å². The third-order valence-corrected chi connectivity index (χ3v) is 2.86. The lowest BCUT2D eigenvalue weighted by atomic mass is 10.1. The van der Waals surface area contributed by atoms with Crippen LogP contribution in [0.5, 0.6) is 11.5 Å². The van der Waals surface area contributed by atoms with Crippen molar-refractivity contribution < 1.29 is 31.8 Å². The fourth-order valence-corrected chi connectivity index (χ4v) is 1.74. The van der Waals surface area contributed by atoms with Gasteiger partial charge in [0.05, 0.1) is 0 Å². The second-order valence-corrected chi connectivity index (χ2v) is 5.26. The molecule has 8 heteroatoms. The average Bonchev–Trinajstić information content (AvgIpc) is 2.44. The summed E-state index contributed by atoms with van der Waals surface area (Å²) < 4.78 is 57.6. The lowest BCUT2D eigenvalue weighted by Crippen LogP contribution is -2.23. The van der Waals surface area contributed by atoms with Gasteiger partial charge >= 0.3 is 13.2 Å². The van der Waals surface area contributed by atoms with Crippen molar-refractivity contribution in [2.45, 2.75) is 33.5 Å². The first-order valence-corrected chi connectivity index (χ1v) is 7.27. The normalized spacial score (nSPS) is 11.5. The number of amides is 1. The van der Waals surface area contributed by atoms with Gasteiger partial charge in [0.15, 0.2) is 0 Å². The minimum absolute atomic E-state index is 0.135. The Bertz CT molecular complexity index is 562. The molecule has 0 radical (unpaired) electrons. The van der Waals surface area contributed by atoms with E-state index < -0.39 is 19.1 Å². The van der Waals surface area contributed by atoms with Crippen LogP contribution in [0.4, 0.5) is 17.6 Å². The molecule has 24 heavy (non-hydrogen) atoms. The van der Waals surface area contributed by atoms with Gasteiger partial charge in [-0.1, -0.05) is 13.8 Å². The van der Waals surface area contributed by atoms with Crippen LogP contribution < -0.4 is 14.8 Å². The summed E-state index contributed by atoms with van der Waals surface area (Å²) in [4.78, 5) is 11.6. The highest BCUT2D eigenvalue weighted by Crippen LogP contribution is 2.28. The number of benzene rings is 1. The molecule has 0 atom stereocenters. The van der Waals surface area contributed by atoms with E-state index in [2.05, 4.69) is 14.8 Å². The molecule has 1 aromatic rings. The lowest BCUT2D eigenvalue weighted by molar-refractivity contribution is -0.116. The standard InChI is InChI=1S/C16H19F4NO3/c1-10(2)7-8-21-14(22)6-4-11-3-5-12(23-15(17)18)9-13(11)24-16(19)20/h3-6,9-10,15-16H,7-8H2,1-2H3,(H,21,22)/b6-4+. The Balaban J connectivity index is 2.80. The highest BCUT2D eigenvalue weighted by atomic mass is 19.3. The molecule has 0 aromatic heterocycles. The predicted molar refractivity (Wildman–Crippen MR) is 81.2 cm³/mol. The van der Waals surface area contributed by atoms with E-state index in [1.807, 2.05) is 13.8 Å². The van der Waals surface area contributed by atoms with Crippen LogP contribution >= 0.6 is 0 Å². The van der Waals surface area contributed by atoms with Crippen molar-refractivity contribution in [3.8, 4) is 11.5 Å². The molecular weight excluding hydrogens is 330 g/mol. The molecule has 134 valence electrons. The number of carbonyl (C=O) groups excluding carboxylic acids is 1. The van der Waals surface area contributed by atoms with Gasteiger partial charge in [-0.15, -0.1) is 0 Å². The Morgan fingerprint density at radius 3 is 2.42 bits per heavy atom. The first kappa shape index (κ1) is 19.8. The number of hydrogen-bond acceptors (Lipinski definition) is 3. The minimum Gasteiger partial charge on any atom is -0.435 e. The minimum atomic E-state index is -3.14. The molecule has 0 aliphatic heterocycles. The van der Waals surface area contributed by atoms with E-state index in [-0.39, 0.29) is 17.1 Å². The number of halogens is 4. The molecule has 0 spiro atoms. The number of nitrogens with one attached hydrogen (secondary N) is 1. The van der Waals surface area contributed by atoms with Crippen LogP contribution in [-0.4, -0.2) is 25.7 Å². The van der Waals surface area contributed by atoms with Crippen molar-refractivity contribution in [3.05, 3.63) is 29.8 Å². The van der Waals surface area contributed by atoms with Crippen LogP contribution in [0, 0.1) is 5.92 Å². The fraction of sp³-hybridized carbons (Fsp3) is 0.438. The van der Waals surface area contributed by atoms with Gasteiger partial charge in [-0.3, -0.25) is 4.79 Å². The monoisotopic (exact) mass is 349 g/mol. The summed E-state index contributed by atoms with van der Waals surface area (Å²) in [6, 6.07) is 3.32. The second kappa shape index (κ2) is 9.79. The molecular formula is C16H19F4NO3. The van der Waals surface area contributed by atoms with E-state index in [0.29, 0.717) is 12.5 Å². The maximum absolute atomic E-state index is 12.4. The Hall–Kier alpha value is -2.25. The smallest absolute Gasteiger partial charge is 0.387 e. The number of alkyl halides is 4. The summed E-state index contributed by atoms with van der Waals surface area (Å²) in [5, 5.41) is 2.64. The van der Waals surface area contributed by atoms with Crippen LogP contribution in [-0.2, 0) is 4.79 Å². The summed E-state index contributed by atoms with van der Waals surface area (Å²) in [6.07, 6.45) is 3.22. The summed E-state index contributed by atoms with van der Waals surface area (Å²) in [6.45, 7) is -1.71. The van der Waals surface area contributed by atoms with Gasteiger partial charge in [-0.05, 0) is 30.5 Å². The maximum Gasteiger partial charge on any atom is 0.387 e. The lowest BCUT2D eigenvalue weighted by Gasteiger charge is -2.11. The Labute approximate surface area is 137 Å². The van der Waals surface area contributed by atoms with Crippen molar-refractivity contribution in [2.24, 2.45) is 5.92 Å². The highest BCUT2D eigenvalue weighted by molar-refractivity contribution is 5.92. The van der Waals surface area contributed by atoms with Crippen molar-refractivity contribution >= 4 is 12.0 Å². The van der Waals surface area contributed by atoms with Gasteiger partial charge in [0, 0.05) is 24.3 Å². The van der Waals surface area contributed by atoms with Crippen LogP contribution in [0.1, 0.15) is 25.8 Å². The van der Waals surface area contributed by atoms with Crippen molar-refractivity contribution in [1.82, 2.24) is 5.32 Å². The molecule has 0 saturated heterocycles. The fourth-order valence-electron chi connectivity index (χ4n) is 1.74. The Kier molecular flexibility index (Phi) is 8.08. The predicted octanol–water partition coefficient (Wildman–Crippen LogP) is 4.06. The molecule has 0 aliphatic carbocycles. The zero-order valence-electron chi connectivity index (χ0n) is 13.3. The second-order valence-electron chi connectivity index (χ2n) is 5.26. The molecule has 1 amide bonds. The van der Waals surface area contributed by atoms with E-state index in [1.54, 1.807) is 0 Å². The zero-order chi connectivity index (χ0) is 18.1.